The first-order valence-electron chi connectivity index (χ1n) is 11.3. The van der Waals surface area contributed by atoms with Gasteiger partial charge in [-0.1, -0.05) is 6.07 Å². The van der Waals surface area contributed by atoms with Gasteiger partial charge in [0.1, 0.15) is 19.8 Å². The van der Waals surface area contributed by atoms with E-state index in [0.29, 0.717) is 25.7 Å². The molecule has 1 saturated heterocycles. The number of benzene rings is 1. The second-order valence-corrected chi connectivity index (χ2v) is 8.60. The molecule has 0 spiro atoms. The molecular weight excluding hydrogens is 420 g/mol. The summed E-state index contributed by atoms with van der Waals surface area (Å²) in [6, 6.07) is 7.79. The highest BCUT2D eigenvalue weighted by atomic mass is 16.6. The second kappa shape index (κ2) is 9.09. The summed E-state index contributed by atoms with van der Waals surface area (Å²) in [5, 5.41) is 4.17. The van der Waals surface area contributed by atoms with Crippen molar-refractivity contribution in [3.8, 4) is 22.6 Å². The average Bonchev–Trinajstić information content (AvgIpc) is 3.36. The lowest BCUT2D eigenvalue weighted by molar-refractivity contribution is -0.133. The van der Waals surface area contributed by atoms with Gasteiger partial charge in [-0.15, -0.1) is 0 Å². The van der Waals surface area contributed by atoms with Crippen LogP contribution in [0, 0.1) is 0 Å². The van der Waals surface area contributed by atoms with Crippen molar-refractivity contribution in [2.45, 2.75) is 25.3 Å². The first-order chi connectivity index (χ1) is 16.1. The molecule has 0 unspecified atom stereocenters. The Morgan fingerprint density at radius 3 is 2.85 bits per heavy atom. The van der Waals surface area contributed by atoms with E-state index in [9.17, 15) is 4.79 Å². The van der Waals surface area contributed by atoms with Gasteiger partial charge in [0.05, 0.1) is 5.69 Å². The summed E-state index contributed by atoms with van der Waals surface area (Å²) in [6.07, 6.45) is 7.28. The van der Waals surface area contributed by atoms with Crippen LogP contribution in [-0.4, -0.2) is 71.0 Å². The molecule has 0 aliphatic carbocycles. The molecule has 0 radical (unpaired) electrons. The summed E-state index contributed by atoms with van der Waals surface area (Å²) >= 11 is 0. The molecule has 33 heavy (non-hydrogen) atoms. The van der Waals surface area contributed by atoms with E-state index >= 15 is 0 Å². The predicted octanol–water partition coefficient (Wildman–Crippen LogP) is 2.58. The van der Waals surface area contributed by atoms with Gasteiger partial charge in [-0.2, -0.15) is 5.10 Å². The molecule has 1 amide bonds. The van der Waals surface area contributed by atoms with Crippen molar-refractivity contribution in [2.24, 2.45) is 0 Å². The van der Waals surface area contributed by atoms with Gasteiger partial charge in [-0.25, -0.2) is 9.97 Å². The highest BCUT2D eigenvalue weighted by Gasteiger charge is 2.29. The summed E-state index contributed by atoms with van der Waals surface area (Å²) in [7, 11) is 3.87. The van der Waals surface area contributed by atoms with Crippen LogP contribution >= 0.6 is 0 Å². The van der Waals surface area contributed by atoms with E-state index in [4.69, 9.17) is 14.5 Å². The molecule has 1 fully saturated rings. The fourth-order valence-electron chi connectivity index (χ4n) is 4.40. The van der Waals surface area contributed by atoms with Crippen molar-refractivity contribution in [1.29, 1.82) is 0 Å². The SMILES string of the molecule is CN(C)c1ncc(-c2ccc3c(c2)OCCO3)c([C@@H]2CCCN(C(=O)Cn3cccn3)C2)n1. The summed E-state index contributed by atoms with van der Waals surface area (Å²) < 4.78 is 13.1. The first-order valence-corrected chi connectivity index (χ1v) is 11.3. The fourth-order valence-corrected chi connectivity index (χ4v) is 4.40. The Balaban J connectivity index is 1.46. The Morgan fingerprint density at radius 2 is 2.06 bits per heavy atom. The number of nitrogens with zero attached hydrogens (tertiary/aromatic N) is 6. The van der Waals surface area contributed by atoms with Crippen LogP contribution in [0.25, 0.3) is 11.1 Å². The predicted molar refractivity (Wildman–Crippen MR) is 124 cm³/mol. The Kier molecular flexibility index (Phi) is 5.85. The van der Waals surface area contributed by atoms with Crippen LogP contribution in [0.4, 0.5) is 5.95 Å². The number of fused-ring (bicyclic) bond motifs is 1. The number of carbonyl (C=O) groups is 1. The van der Waals surface area contributed by atoms with Crippen molar-refractivity contribution in [3.05, 3.63) is 48.5 Å². The molecule has 0 N–H and O–H groups in total. The number of aromatic nitrogens is 4. The number of hydrogen-bond donors (Lipinski definition) is 0. The van der Waals surface area contributed by atoms with Crippen molar-refractivity contribution in [3.63, 3.8) is 0 Å². The van der Waals surface area contributed by atoms with Gasteiger partial charge in [0.15, 0.2) is 11.5 Å². The fraction of sp³-hybridized carbons (Fsp3) is 0.417. The Bertz CT molecular complexity index is 1130. The van der Waals surface area contributed by atoms with E-state index in [0.717, 1.165) is 47.7 Å². The Hall–Kier alpha value is -3.62. The van der Waals surface area contributed by atoms with Crippen molar-refractivity contribution < 1.29 is 14.3 Å². The summed E-state index contributed by atoms with van der Waals surface area (Å²) in [5.41, 5.74) is 2.91. The summed E-state index contributed by atoms with van der Waals surface area (Å²) in [6.45, 7) is 2.72. The molecule has 172 valence electrons. The average molecular weight is 449 g/mol. The van der Waals surface area contributed by atoms with E-state index in [1.807, 2.05) is 60.6 Å². The Morgan fingerprint density at radius 1 is 1.21 bits per heavy atom. The van der Waals surface area contributed by atoms with E-state index in [1.54, 1.807) is 10.9 Å². The molecule has 1 aromatic carbocycles. The van der Waals surface area contributed by atoms with Crippen molar-refractivity contribution in [1.82, 2.24) is 24.6 Å². The van der Waals surface area contributed by atoms with Gasteiger partial charge >= 0.3 is 0 Å². The zero-order valence-electron chi connectivity index (χ0n) is 19.0. The molecule has 0 bridgehead atoms. The number of amides is 1. The van der Waals surface area contributed by atoms with Crippen LogP contribution in [0.1, 0.15) is 24.5 Å². The zero-order valence-corrected chi connectivity index (χ0v) is 19.0. The topological polar surface area (TPSA) is 85.6 Å². The lowest BCUT2D eigenvalue weighted by atomic mass is 9.89. The van der Waals surface area contributed by atoms with Gasteiger partial charge in [-0.05, 0) is 36.6 Å². The second-order valence-electron chi connectivity index (χ2n) is 8.60. The molecule has 2 aromatic heterocycles. The molecule has 5 rings (SSSR count). The third kappa shape index (κ3) is 4.48. The van der Waals surface area contributed by atoms with Crippen molar-refractivity contribution >= 4 is 11.9 Å². The molecule has 9 heteroatoms. The minimum atomic E-state index is 0.0752. The van der Waals surface area contributed by atoms with Crippen LogP contribution in [0.3, 0.4) is 0 Å². The minimum absolute atomic E-state index is 0.0752. The van der Waals surface area contributed by atoms with Gasteiger partial charge in [0, 0.05) is 57.3 Å². The molecule has 1 atom stereocenters. The zero-order chi connectivity index (χ0) is 22.8. The summed E-state index contributed by atoms with van der Waals surface area (Å²) in [4.78, 5) is 26.3. The van der Waals surface area contributed by atoms with E-state index in [1.165, 1.54) is 0 Å². The lowest BCUT2D eigenvalue weighted by Gasteiger charge is -2.33. The van der Waals surface area contributed by atoms with E-state index < -0.39 is 0 Å². The monoisotopic (exact) mass is 448 g/mol. The van der Waals surface area contributed by atoms with Crippen LogP contribution in [-0.2, 0) is 11.3 Å². The van der Waals surface area contributed by atoms with Crippen LogP contribution in [0.5, 0.6) is 11.5 Å². The summed E-state index contributed by atoms with van der Waals surface area (Å²) in [5.74, 6) is 2.34. The largest absolute Gasteiger partial charge is 0.486 e. The van der Waals surface area contributed by atoms with Gasteiger partial charge < -0.3 is 19.3 Å². The maximum atomic E-state index is 12.9. The molecule has 2 aliphatic rings. The number of hydrogen-bond acceptors (Lipinski definition) is 7. The number of piperidine rings is 1. The molecule has 0 saturated carbocycles. The number of anilines is 1. The molecule has 4 heterocycles. The Labute approximate surface area is 193 Å². The smallest absolute Gasteiger partial charge is 0.244 e. The standard InChI is InChI=1S/C24H28N6O3/c1-28(2)24-25-14-19(17-6-7-20-21(13-17)33-12-11-32-20)23(27-24)18-5-3-9-29(15-18)22(31)16-30-10-4-8-26-30/h4,6-8,10,13-14,18H,3,5,9,11-12,15-16H2,1-2H3/t18-/m1/s1. The lowest BCUT2D eigenvalue weighted by Crippen LogP contribution is -2.41. The van der Waals surface area contributed by atoms with Gasteiger partial charge in [0.25, 0.3) is 0 Å². The number of carbonyl (C=O) groups excluding carboxylic acids is 1. The van der Waals surface area contributed by atoms with Gasteiger partial charge in [-0.3, -0.25) is 9.48 Å². The number of rotatable bonds is 5. The van der Waals surface area contributed by atoms with Crippen LogP contribution < -0.4 is 14.4 Å². The third-order valence-electron chi connectivity index (χ3n) is 6.08. The maximum absolute atomic E-state index is 12.9. The van der Waals surface area contributed by atoms with Gasteiger partial charge in [0.2, 0.25) is 11.9 Å². The molecule has 9 nitrogen and oxygen atoms in total. The van der Waals surface area contributed by atoms with Crippen LogP contribution in [0.15, 0.2) is 42.9 Å². The number of likely N-dealkylation sites (tertiary alicyclic amines) is 1. The van der Waals surface area contributed by atoms with Crippen molar-refractivity contribution in [2.75, 3.05) is 45.3 Å². The highest BCUT2D eigenvalue weighted by molar-refractivity contribution is 5.76. The highest BCUT2D eigenvalue weighted by Crippen LogP contribution is 2.38. The quantitative estimate of drug-likeness (QED) is 0.593. The van der Waals surface area contributed by atoms with Crippen LogP contribution in [0.2, 0.25) is 0 Å². The molecular formula is C24H28N6O3. The third-order valence-corrected chi connectivity index (χ3v) is 6.08. The molecule has 3 aromatic rings. The molecule has 2 aliphatic heterocycles. The van der Waals surface area contributed by atoms with E-state index in [2.05, 4.69) is 10.1 Å². The maximum Gasteiger partial charge on any atom is 0.244 e. The number of ether oxygens (including phenoxy) is 2. The first kappa shape index (κ1) is 21.2. The minimum Gasteiger partial charge on any atom is -0.486 e. The van der Waals surface area contributed by atoms with E-state index in [-0.39, 0.29) is 18.4 Å². The normalized spacial score (nSPS) is 17.6.